The maximum absolute atomic E-state index is 12.5. The van der Waals surface area contributed by atoms with Crippen LogP contribution in [0, 0.1) is 0 Å². The second kappa shape index (κ2) is 7.15. The van der Waals surface area contributed by atoms with E-state index in [0.717, 1.165) is 0 Å². The van der Waals surface area contributed by atoms with E-state index in [1.54, 1.807) is 25.2 Å². The number of rotatable bonds is 5. The molecule has 7 nitrogen and oxygen atoms in total. The normalized spacial score (nSPS) is 10.3. The number of hydrogen-bond acceptors (Lipinski definition) is 4. The van der Waals surface area contributed by atoms with E-state index in [1.165, 1.54) is 17.8 Å². The van der Waals surface area contributed by atoms with Crippen molar-refractivity contribution in [2.45, 2.75) is 6.92 Å². The predicted octanol–water partition coefficient (Wildman–Crippen LogP) is 2.12. The van der Waals surface area contributed by atoms with Crippen molar-refractivity contribution in [1.82, 2.24) is 15.1 Å². The fraction of sp³-hybridized carbons (Fsp3) is 0.267. The van der Waals surface area contributed by atoms with Gasteiger partial charge in [0.15, 0.2) is 5.82 Å². The molecule has 0 radical (unpaired) electrons. The molecular formula is C15H18ClN5O2. The first-order chi connectivity index (χ1) is 11.0. The van der Waals surface area contributed by atoms with Gasteiger partial charge >= 0.3 is 0 Å². The van der Waals surface area contributed by atoms with Crippen LogP contribution in [0.1, 0.15) is 27.8 Å². The Morgan fingerprint density at radius 2 is 2.00 bits per heavy atom. The quantitative estimate of drug-likeness (QED) is 0.781. The van der Waals surface area contributed by atoms with Gasteiger partial charge in [0.25, 0.3) is 11.8 Å². The number of carbonyl (C=O) groups is 2. The molecule has 0 saturated carbocycles. The van der Waals surface area contributed by atoms with Crippen molar-refractivity contribution in [3.63, 3.8) is 0 Å². The first kappa shape index (κ1) is 16.8. The molecule has 0 unspecified atom stereocenters. The van der Waals surface area contributed by atoms with Gasteiger partial charge in [-0.15, -0.1) is 0 Å². The molecule has 0 aliphatic rings. The van der Waals surface area contributed by atoms with Gasteiger partial charge in [0, 0.05) is 37.4 Å². The number of carbonyl (C=O) groups excluding carboxylic acids is 2. The van der Waals surface area contributed by atoms with Crippen LogP contribution in [0.3, 0.4) is 0 Å². The summed E-state index contributed by atoms with van der Waals surface area (Å²) >= 11 is 5.97. The number of anilines is 2. The topological polar surface area (TPSA) is 88.0 Å². The average molecular weight is 336 g/mol. The van der Waals surface area contributed by atoms with E-state index in [-0.39, 0.29) is 11.8 Å². The highest BCUT2D eigenvalue weighted by molar-refractivity contribution is 6.31. The van der Waals surface area contributed by atoms with Crippen molar-refractivity contribution in [3.05, 3.63) is 40.5 Å². The summed E-state index contributed by atoms with van der Waals surface area (Å²) in [6.07, 6.45) is 0. The molecule has 23 heavy (non-hydrogen) atoms. The highest BCUT2D eigenvalue weighted by Crippen LogP contribution is 2.22. The van der Waals surface area contributed by atoms with Crippen LogP contribution in [0.25, 0.3) is 0 Å². The first-order valence-corrected chi connectivity index (χ1v) is 7.45. The fourth-order valence-electron chi connectivity index (χ4n) is 2.10. The zero-order valence-corrected chi connectivity index (χ0v) is 13.9. The van der Waals surface area contributed by atoms with E-state index >= 15 is 0 Å². The Balaban J connectivity index is 2.26. The minimum atomic E-state index is -0.356. The van der Waals surface area contributed by atoms with Crippen LogP contribution in [0.4, 0.5) is 11.5 Å². The summed E-state index contributed by atoms with van der Waals surface area (Å²) in [7, 11) is 3.16. The number of nitrogens with one attached hydrogen (secondary N) is 3. The standard InChI is InChI=1S/C15H18ClN5O2/c1-4-18-11-6-5-9(16)7-10(11)14(22)19-13-8-12(15(23)17-2)21(3)20-13/h5-8,18H,4H2,1-3H3,(H,17,23)(H,19,20,22). The molecule has 0 aliphatic carbocycles. The van der Waals surface area contributed by atoms with Gasteiger partial charge in [0.2, 0.25) is 0 Å². The van der Waals surface area contributed by atoms with Crippen LogP contribution >= 0.6 is 11.6 Å². The van der Waals surface area contributed by atoms with E-state index in [4.69, 9.17) is 11.6 Å². The summed E-state index contributed by atoms with van der Waals surface area (Å²) in [6, 6.07) is 6.54. The van der Waals surface area contributed by atoms with Crippen LogP contribution < -0.4 is 16.0 Å². The lowest BCUT2D eigenvalue weighted by Gasteiger charge is -2.10. The molecular weight excluding hydrogens is 318 g/mol. The molecule has 0 fully saturated rings. The molecule has 0 aliphatic heterocycles. The number of halogens is 1. The third-order valence-electron chi connectivity index (χ3n) is 3.17. The lowest BCUT2D eigenvalue weighted by atomic mass is 10.1. The van der Waals surface area contributed by atoms with Gasteiger partial charge in [-0.2, -0.15) is 5.10 Å². The maximum Gasteiger partial charge on any atom is 0.269 e. The summed E-state index contributed by atoms with van der Waals surface area (Å²) in [5.74, 6) is -0.347. The van der Waals surface area contributed by atoms with Crippen molar-refractivity contribution in [2.75, 3.05) is 24.2 Å². The number of benzene rings is 1. The SMILES string of the molecule is CCNc1ccc(Cl)cc1C(=O)Nc1cc(C(=O)NC)n(C)n1. The largest absolute Gasteiger partial charge is 0.385 e. The first-order valence-electron chi connectivity index (χ1n) is 7.07. The number of hydrogen-bond donors (Lipinski definition) is 3. The number of amides is 2. The molecule has 0 spiro atoms. The number of aryl methyl sites for hydroxylation is 1. The molecule has 2 aromatic rings. The third kappa shape index (κ3) is 3.81. The average Bonchev–Trinajstić information content (AvgIpc) is 2.88. The van der Waals surface area contributed by atoms with Crippen LogP contribution in [-0.4, -0.2) is 35.2 Å². The van der Waals surface area contributed by atoms with Gasteiger partial charge in [-0.3, -0.25) is 14.3 Å². The molecule has 2 amide bonds. The highest BCUT2D eigenvalue weighted by atomic mass is 35.5. The second-order valence-electron chi connectivity index (χ2n) is 4.79. The molecule has 0 bridgehead atoms. The van der Waals surface area contributed by atoms with Gasteiger partial charge in [0.1, 0.15) is 5.69 Å². The van der Waals surface area contributed by atoms with Crippen molar-refractivity contribution >= 4 is 34.9 Å². The summed E-state index contributed by atoms with van der Waals surface area (Å²) in [5, 5.41) is 12.9. The van der Waals surface area contributed by atoms with Crippen molar-refractivity contribution in [2.24, 2.45) is 7.05 Å². The van der Waals surface area contributed by atoms with Gasteiger partial charge < -0.3 is 16.0 Å². The lowest BCUT2D eigenvalue weighted by Crippen LogP contribution is -2.20. The molecule has 1 aromatic heterocycles. The molecule has 2 rings (SSSR count). The van der Waals surface area contributed by atoms with Crippen LogP contribution in [0.15, 0.2) is 24.3 Å². The van der Waals surface area contributed by atoms with Gasteiger partial charge in [0.05, 0.1) is 5.56 Å². The van der Waals surface area contributed by atoms with Crippen molar-refractivity contribution < 1.29 is 9.59 Å². The molecule has 1 heterocycles. The fourth-order valence-corrected chi connectivity index (χ4v) is 2.27. The Bertz CT molecular complexity index is 741. The van der Waals surface area contributed by atoms with E-state index in [1.807, 2.05) is 6.92 Å². The highest BCUT2D eigenvalue weighted by Gasteiger charge is 2.16. The van der Waals surface area contributed by atoms with Gasteiger partial charge in [-0.25, -0.2) is 0 Å². The molecule has 122 valence electrons. The zero-order chi connectivity index (χ0) is 17.0. The van der Waals surface area contributed by atoms with Crippen molar-refractivity contribution in [1.29, 1.82) is 0 Å². The summed E-state index contributed by atoms with van der Waals surface area (Å²) in [6.45, 7) is 2.61. The van der Waals surface area contributed by atoms with Crippen LogP contribution in [-0.2, 0) is 7.05 Å². The van der Waals surface area contributed by atoms with Gasteiger partial charge in [-0.05, 0) is 25.1 Å². The lowest BCUT2D eigenvalue weighted by molar-refractivity contribution is 0.0953. The van der Waals surface area contributed by atoms with Crippen LogP contribution in [0.2, 0.25) is 5.02 Å². The smallest absolute Gasteiger partial charge is 0.269 e. The summed E-state index contributed by atoms with van der Waals surface area (Å²) in [4.78, 5) is 24.1. The van der Waals surface area contributed by atoms with E-state index in [9.17, 15) is 9.59 Å². The summed E-state index contributed by atoms with van der Waals surface area (Å²) in [5.41, 5.74) is 1.43. The Labute approximate surface area is 139 Å². The van der Waals surface area contributed by atoms with Crippen LogP contribution in [0.5, 0.6) is 0 Å². The zero-order valence-electron chi connectivity index (χ0n) is 13.1. The van der Waals surface area contributed by atoms with E-state index in [0.29, 0.717) is 34.3 Å². The molecule has 0 saturated heterocycles. The monoisotopic (exact) mass is 335 g/mol. The third-order valence-corrected chi connectivity index (χ3v) is 3.41. The number of aromatic nitrogens is 2. The van der Waals surface area contributed by atoms with Gasteiger partial charge in [-0.1, -0.05) is 11.6 Å². The van der Waals surface area contributed by atoms with Crippen molar-refractivity contribution in [3.8, 4) is 0 Å². The second-order valence-corrected chi connectivity index (χ2v) is 5.23. The minimum absolute atomic E-state index is 0.281. The predicted molar refractivity (Wildman–Crippen MR) is 90.2 cm³/mol. The summed E-state index contributed by atoms with van der Waals surface area (Å²) < 4.78 is 1.40. The molecule has 8 heteroatoms. The Hall–Kier alpha value is -2.54. The maximum atomic E-state index is 12.5. The van der Waals surface area contributed by atoms with E-state index in [2.05, 4.69) is 21.0 Å². The number of nitrogens with zero attached hydrogens (tertiary/aromatic N) is 2. The molecule has 0 atom stereocenters. The molecule has 1 aromatic carbocycles. The van der Waals surface area contributed by atoms with E-state index < -0.39 is 0 Å². The molecule has 3 N–H and O–H groups in total. The Morgan fingerprint density at radius 3 is 2.65 bits per heavy atom. The minimum Gasteiger partial charge on any atom is -0.385 e. The Kier molecular flexibility index (Phi) is 5.23. The Morgan fingerprint density at radius 1 is 1.26 bits per heavy atom.